The Bertz CT molecular complexity index is 820. The fourth-order valence-corrected chi connectivity index (χ4v) is 2.36. The summed E-state index contributed by atoms with van der Waals surface area (Å²) in [6.07, 6.45) is 2.00. The van der Waals surface area contributed by atoms with E-state index in [0.29, 0.717) is 5.69 Å². The van der Waals surface area contributed by atoms with Gasteiger partial charge in [0.2, 0.25) is 5.82 Å². The summed E-state index contributed by atoms with van der Waals surface area (Å²) in [6.45, 7) is 1.82. The molecule has 3 aromatic rings. The topological polar surface area (TPSA) is 73.8 Å². The minimum atomic E-state index is -0.616. The number of carbonyl (C=O) groups excluding carboxylic acids is 1. The summed E-state index contributed by atoms with van der Waals surface area (Å²) in [5.41, 5.74) is 8.79. The second kappa shape index (κ2) is 4.45. The van der Waals surface area contributed by atoms with Crippen LogP contribution in [-0.2, 0) is 7.05 Å². The largest absolute Gasteiger partial charge is 0.363 e. The van der Waals surface area contributed by atoms with Crippen molar-refractivity contribution < 1.29 is 4.79 Å². The van der Waals surface area contributed by atoms with Crippen molar-refractivity contribution >= 4 is 16.8 Å². The van der Waals surface area contributed by atoms with Crippen molar-refractivity contribution in [2.24, 2.45) is 12.8 Å². The minimum absolute atomic E-state index is 0.0490. The molecule has 0 unspecified atom stereocenters. The number of amides is 1. The molecule has 0 fully saturated rings. The zero-order chi connectivity index (χ0) is 14.3. The van der Waals surface area contributed by atoms with E-state index in [-0.39, 0.29) is 5.82 Å². The lowest BCUT2D eigenvalue weighted by Gasteiger charge is -2.03. The van der Waals surface area contributed by atoms with Gasteiger partial charge in [-0.05, 0) is 19.1 Å². The van der Waals surface area contributed by atoms with E-state index in [0.717, 1.165) is 22.2 Å². The summed E-state index contributed by atoms with van der Waals surface area (Å²) < 4.78 is 2.03. The summed E-state index contributed by atoms with van der Waals surface area (Å²) >= 11 is 0. The first-order chi connectivity index (χ1) is 9.56. The van der Waals surface area contributed by atoms with E-state index in [1.165, 1.54) is 0 Å². The van der Waals surface area contributed by atoms with Gasteiger partial charge in [0.1, 0.15) is 0 Å². The van der Waals surface area contributed by atoms with E-state index >= 15 is 0 Å². The molecule has 5 nitrogen and oxygen atoms in total. The summed E-state index contributed by atoms with van der Waals surface area (Å²) in [6, 6.07) is 9.91. The highest BCUT2D eigenvalue weighted by Crippen LogP contribution is 2.29. The molecule has 2 heterocycles. The number of hydrogen-bond acceptors (Lipinski definition) is 3. The molecule has 0 saturated heterocycles. The molecule has 20 heavy (non-hydrogen) atoms. The van der Waals surface area contributed by atoms with Crippen LogP contribution in [0, 0.1) is 6.92 Å². The van der Waals surface area contributed by atoms with Crippen LogP contribution < -0.4 is 5.73 Å². The highest BCUT2D eigenvalue weighted by molar-refractivity contribution is 5.96. The Morgan fingerprint density at radius 2 is 2.00 bits per heavy atom. The van der Waals surface area contributed by atoms with Gasteiger partial charge in [0.05, 0.1) is 5.69 Å². The Balaban J connectivity index is 2.28. The quantitative estimate of drug-likeness (QED) is 0.771. The number of fused-ring (bicyclic) bond motifs is 1. The molecule has 2 aromatic heterocycles. The van der Waals surface area contributed by atoms with Crippen molar-refractivity contribution in [3.8, 4) is 11.3 Å². The molecule has 0 aliphatic carbocycles. The lowest BCUT2D eigenvalue weighted by atomic mass is 10.1. The minimum Gasteiger partial charge on any atom is -0.363 e. The molecule has 1 amide bonds. The van der Waals surface area contributed by atoms with Crippen LogP contribution in [0.5, 0.6) is 0 Å². The van der Waals surface area contributed by atoms with Gasteiger partial charge in [0.25, 0.3) is 5.91 Å². The van der Waals surface area contributed by atoms with Gasteiger partial charge in [-0.3, -0.25) is 4.79 Å². The third-order valence-electron chi connectivity index (χ3n) is 3.25. The maximum absolute atomic E-state index is 11.3. The van der Waals surface area contributed by atoms with E-state index in [1.807, 2.05) is 55.1 Å². The monoisotopic (exact) mass is 266 g/mol. The average molecular weight is 266 g/mol. The maximum atomic E-state index is 11.3. The Kier molecular flexibility index (Phi) is 2.75. The lowest BCUT2D eigenvalue weighted by molar-refractivity contribution is 0.0990. The fourth-order valence-electron chi connectivity index (χ4n) is 2.36. The van der Waals surface area contributed by atoms with Gasteiger partial charge >= 0.3 is 0 Å². The predicted molar refractivity (Wildman–Crippen MR) is 77.2 cm³/mol. The van der Waals surface area contributed by atoms with E-state index in [1.54, 1.807) is 0 Å². The Labute approximate surface area is 116 Å². The fraction of sp³-hybridized carbons (Fsp3) is 0.133. The Hall–Kier alpha value is -2.69. The summed E-state index contributed by atoms with van der Waals surface area (Å²) in [7, 11) is 1.98. The number of nitrogens with two attached hydrogens (primary N) is 1. The Morgan fingerprint density at radius 3 is 2.75 bits per heavy atom. The van der Waals surface area contributed by atoms with Gasteiger partial charge in [-0.1, -0.05) is 18.2 Å². The molecule has 100 valence electrons. The van der Waals surface area contributed by atoms with Crippen LogP contribution in [0.25, 0.3) is 22.2 Å². The molecule has 0 aliphatic heterocycles. The normalized spacial score (nSPS) is 10.9. The van der Waals surface area contributed by atoms with Crippen LogP contribution in [0.1, 0.15) is 16.3 Å². The van der Waals surface area contributed by atoms with Crippen LogP contribution >= 0.6 is 0 Å². The van der Waals surface area contributed by atoms with Crippen LogP contribution in [-0.4, -0.2) is 20.4 Å². The third kappa shape index (κ3) is 1.93. The van der Waals surface area contributed by atoms with Crippen molar-refractivity contribution in [3.63, 3.8) is 0 Å². The molecule has 3 rings (SSSR count). The first-order valence-electron chi connectivity index (χ1n) is 6.26. The van der Waals surface area contributed by atoms with Crippen molar-refractivity contribution in [2.75, 3.05) is 0 Å². The number of carbonyl (C=O) groups is 1. The molecule has 0 radical (unpaired) electrons. The van der Waals surface area contributed by atoms with E-state index in [2.05, 4.69) is 9.97 Å². The van der Waals surface area contributed by atoms with Gasteiger partial charge in [0.15, 0.2) is 0 Å². The highest BCUT2D eigenvalue weighted by Gasteiger charge is 2.13. The standard InChI is InChI=1S/C15H14N4O/c1-9-7-12(18-15(17-9)14(16)20)11-8-19(2)13-6-4-3-5-10(11)13/h3-8H,1-2H3,(H2,16,20). The molecule has 0 bridgehead atoms. The molecular weight excluding hydrogens is 252 g/mol. The van der Waals surface area contributed by atoms with Gasteiger partial charge in [-0.2, -0.15) is 0 Å². The number of para-hydroxylation sites is 1. The number of rotatable bonds is 2. The second-order valence-corrected chi connectivity index (χ2v) is 4.75. The first-order valence-corrected chi connectivity index (χ1v) is 6.26. The van der Waals surface area contributed by atoms with Crippen LogP contribution in [0.2, 0.25) is 0 Å². The number of aromatic nitrogens is 3. The molecule has 0 saturated carbocycles. The number of nitrogens with zero attached hydrogens (tertiary/aromatic N) is 3. The number of hydrogen-bond donors (Lipinski definition) is 1. The number of aryl methyl sites for hydroxylation is 2. The van der Waals surface area contributed by atoms with E-state index in [9.17, 15) is 4.79 Å². The SMILES string of the molecule is Cc1cc(-c2cn(C)c3ccccc23)nc(C(N)=O)n1. The molecule has 5 heteroatoms. The molecule has 0 spiro atoms. The number of primary amides is 1. The maximum Gasteiger partial charge on any atom is 0.286 e. The second-order valence-electron chi connectivity index (χ2n) is 4.75. The van der Waals surface area contributed by atoms with Gasteiger partial charge in [-0.25, -0.2) is 9.97 Å². The van der Waals surface area contributed by atoms with Crippen LogP contribution in [0.4, 0.5) is 0 Å². The molecule has 0 aliphatic rings. The van der Waals surface area contributed by atoms with Gasteiger partial charge < -0.3 is 10.3 Å². The predicted octanol–water partition coefficient (Wildman–Crippen LogP) is 2.04. The third-order valence-corrected chi connectivity index (χ3v) is 3.25. The zero-order valence-electron chi connectivity index (χ0n) is 11.3. The van der Waals surface area contributed by atoms with Crippen molar-refractivity contribution in [1.29, 1.82) is 0 Å². The summed E-state index contributed by atoms with van der Waals surface area (Å²) in [5, 5.41) is 1.09. The Morgan fingerprint density at radius 1 is 1.25 bits per heavy atom. The molecule has 1 aromatic carbocycles. The van der Waals surface area contributed by atoms with Crippen molar-refractivity contribution in [1.82, 2.24) is 14.5 Å². The average Bonchev–Trinajstić information content (AvgIpc) is 2.76. The smallest absolute Gasteiger partial charge is 0.286 e. The van der Waals surface area contributed by atoms with Gasteiger partial charge in [0, 0.05) is 35.4 Å². The van der Waals surface area contributed by atoms with E-state index < -0.39 is 5.91 Å². The van der Waals surface area contributed by atoms with Crippen LogP contribution in [0.15, 0.2) is 36.5 Å². The summed E-state index contributed by atoms with van der Waals surface area (Å²) in [5.74, 6) is -0.567. The molecule has 2 N–H and O–H groups in total. The molecular formula is C15H14N4O. The van der Waals surface area contributed by atoms with Crippen molar-refractivity contribution in [3.05, 3.63) is 48.0 Å². The number of benzene rings is 1. The van der Waals surface area contributed by atoms with Crippen LogP contribution in [0.3, 0.4) is 0 Å². The first kappa shape index (κ1) is 12.3. The van der Waals surface area contributed by atoms with Gasteiger partial charge in [-0.15, -0.1) is 0 Å². The summed E-state index contributed by atoms with van der Waals surface area (Å²) in [4.78, 5) is 19.6. The van der Waals surface area contributed by atoms with Crippen molar-refractivity contribution in [2.45, 2.75) is 6.92 Å². The van der Waals surface area contributed by atoms with E-state index in [4.69, 9.17) is 5.73 Å². The lowest BCUT2D eigenvalue weighted by Crippen LogP contribution is -2.16. The zero-order valence-corrected chi connectivity index (χ0v) is 11.3. The molecule has 0 atom stereocenters. The highest BCUT2D eigenvalue weighted by atomic mass is 16.1.